The number of hydrogen-bond acceptors (Lipinski definition) is 2. The maximum Gasteiger partial charge on any atom is 0.0179 e. The molecule has 0 radical (unpaired) electrons. The summed E-state index contributed by atoms with van der Waals surface area (Å²) in [6.45, 7) is 6.71. The van der Waals surface area contributed by atoms with Gasteiger partial charge in [-0.05, 0) is 52.7 Å². The molecule has 1 atom stereocenters. The first kappa shape index (κ1) is 9.01. The second-order valence-electron chi connectivity index (χ2n) is 4.14. The monoisotopic (exact) mass is 156 g/mol. The lowest BCUT2D eigenvalue weighted by molar-refractivity contribution is 0.168. The van der Waals surface area contributed by atoms with E-state index in [1.54, 1.807) is 0 Å². The molecule has 1 rings (SSSR count). The molecular formula is C9H20N2. The van der Waals surface area contributed by atoms with Gasteiger partial charge in [0.05, 0.1) is 0 Å². The van der Waals surface area contributed by atoms with Crippen LogP contribution in [-0.4, -0.2) is 30.6 Å². The highest BCUT2D eigenvalue weighted by Crippen LogP contribution is 2.34. The van der Waals surface area contributed by atoms with Gasteiger partial charge in [0, 0.05) is 5.54 Å². The minimum absolute atomic E-state index is 0.374. The van der Waals surface area contributed by atoms with E-state index in [-0.39, 0.29) is 0 Å². The van der Waals surface area contributed by atoms with Crippen molar-refractivity contribution in [1.82, 2.24) is 4.90 Å². The summed E-state index contributed by atoms with van der Waals surface area (Å²) < 4.78 is 0. The summed E-state index contributed by atoms with van der Waals surface area (Å²) in [5, 5.41) is 0. The van der Waals surface area contributed by atoms with Crippen LogP contribution in [0.2, 0.25) is 0 Å². The van der Waals surface area contributed by atoms with Gasteiger partial charge in [0.15, 0.2) is 0 Å². The first-order chi connectivity index (χ1) is 5.09. The molecule has 11 heavy (non-hydrogen) atoms. The second-order valence-corrected chi connectivity index (χ2v) is 4.14. The van der Waals surface area contributed by atoms with Gasteiger partial charge in [-0.25, -0.2) is 0 Å². The lowest BCUT2D eigenvalue weighted by atomic mass is 9.86. The van der Waals surface area contributed by atoms with Crippen molar-refractivity contribution in [1.29, 1.82) is 0 Å². The van der Waals surface area contributed by atoms with Crippen molar-refractivity contribution in [3.05, 3.63) is 0 Å². The Morgan fingerprint density at radius 2 is 2.18 bits per heavy atom. The molecule has 1 heterocycles. The van der Waals surface area contributed by atoms with E-state index in [9.17, 15) is 0 Å². The molecule has 0 spiro atoms. The van der Waals surface area contributed by atoms with Crippen molar-refractivity contribution >= 4 is 0 Å². The smallest absolute Gasteiger partial charge is 0.0179 e. The van der Waals surface area contributed by atoms with Crippen molar-refractivity contribution in [2.24, 2.45) is 11.7 Å². The summed E-state index contributed by atoms with van der Waals surface area (Å²) in [5.74, 6) is 0.803. The van der Waals surface area contributed by atoms with E-state index in [1.165, 1.54) is 19.4 Å². The van der Waals surface area contributed by atoms with Crippen LogP contribution in [0.3, 0.4) is 0 Å². The first-order valence-electron chi connectivity index (χ1n) is 4.50. The van der Waals surface area contributed by atoms with Gasteiger partial charge in [-0.1, -0.05) is 0 Å². The van der Waals surface area contributed by atoms with E-state index in [4.69, 9.17) is 5.73 Å². The fourth-order valence-corrected chi connectivity index (χ4v) is 2.00. The zero-order valence-electron chi connectivity index (χ0n) is 7.93. The molecule has 0 bridgehead atoms. The van der Waals surface area contributed by atoms with Gasteiger partial charge in [0.1, 0.15) is 0 Å². The number of nitrogens with zero attached hydrogens (tertiary/aromatic N) is 1. The largest absolute Gasteiger partial charge is 0.330 e. The van der Waals surface area contributed by atoms with E-state index in [0.29, 0.717) is 5.54 Å². The maximum absolute atomic E-state index is 5.56. The van der Waals surface area contributed by atoms with Crippen LogP contribution in [0.4, 0.5) is 0 Å². The van der Waals surface area contributed by atoms with E-state index < -0.39 is 0 Å². The zero-order valence-corrected chi connectivity index (χ0v) is 7.93. The fourth-order valence-electron chi connectivity index (χ4n) is 2.00. The van der Waals surface area contributed by atoms with Gasteiger partial charge in [-0.3, -0.25) is 0 Å². The molecule has 0 saturated carbocycles. The summed E-state index contributed by atoms with van der Waals surface area (Å²) >= 11 is 0. The Morgan fingerprint density at radius 3 is 2.55 bits per heavy atom. The van der Waals surface area contributed by atoms with Crippen molar-refractivity contribution in [3.8, 4) is 0 Å². The second kappa shape index (κ2) is 3.11. The lowest BCUT2D eigenvalue weighted by Crippen LogP contribution is -2.40. The van der Waals surface area contributed by atoms with Gasteiger partial charge in [-0.15, -0.1) is 0 Å². The number of likely N-dealkylation sites (tertiary alicyclic amines) is 1. The molecule has 2 N–H and O–H groups in total. The van der Waals surface area contributed by atoms with Crippen molar-refractivity contribution < 1.29 is 0 Å². The summed E-state index contributed by atoms with van der Waals surface area (Å²) in [7, 11) is 2.20. The van der Waals surface area contributed by atoms with Gasteiger partial charge in [-0.2, -0.15) is 0 Å². The predicted molar refractivity (Wildman–Crippen MR) is 48.5 cm³/mol. The summed E-state index contributed by atoms with van der Waals surface area (Å²) in [6.07, 6.45) is 2.50. The van der Waals surface area contributed by atoms with Gasteiger partial charge >= 0.3 is 0 Å². The van der Waals surface area contributed by atoms with Crippen LogP contribution in [0.5, 0.6) is 0 Å². The Kier molecular flexibility index (Phi) is 2.55. The standard InChI is InChI=1S/C9H20N2/c1-9(2)8(4-6-10)5-7-11(9)3/h8H,4-7,10H2,1-3H3. The number of hydrogen-bond donors (Lipinski definition) is 1. The summed E-state index contributed by atoms with van der Waals surface area (Å²) in [4.78, 5) is 2.44. The van der Waals surface area contributed by atoms with Crippen molar-refractivity contribution in [3.63, 3.8) is 0 Å². The van der Waals surface area contributed by atoms with Crippen LogP contribution >= 0.6 is 0 Å². The van der Waals surface area contributed by atoms with Crippen LogP contribution in [0.15, 0.2) is 0 Å². The van der Waals surface area contributed by atoms with Gasteiger partial charge in [0.2, 0.25) is 0 Å². The predicted octanol–water partition coefficient (Wildman–Crippen LogP) is 1.07. The van der Waals surface area contributed by atoms with Crippen LogP contribution in [0.25, 0.3) is 0 Å². The van der Waals surface area contributed by atoms with E-state index in [1.807, 2.05) is 0 Å². The normalized spacial score (nSPS) is 31.1. The summed E-state index contributed by atoms with van der Waals surface area (Å²) in [6, 6.07) is 0. The average molecular weight is 156 g/mol. The third-order valence-corrected chi connectivity index (χ3v) is 3.31. The Balaban J connectivity index is 2.55. The van der Waals surface area contributed by atoms with Crippen LogP contribution in [0, 0.1) is 5.92 Å². The van der Waals surface area contributed by atoms with Gasteiger partial charge in [0.25, 0.3) is 0 Å². The molecule has 66 valence electrons. The lowest BCUT2D eigenvalue weighted by Gasteiger charge is -2.33. The molecule has 0 aromatic carbocycles. The number of rotatable bonds is 2. The highest BCUT2D eigenvalue weighted by atomic mass is 15.2. The van der Waals surface area contributed by atoms with Crippen LogP contribution in [0.1, 0.15) is 26.7 Å². The molecular weight excluding hydrogens is 136 g/mol. The summed E-state index contributed by atoms with van der Waals surface area (Å²) in [5.41, 5.74) is 5.93. The zero-order chi connectivity index (χ0) is 8.48. The molecule has 0 amide bonds. The highest BCUT2D eigenvalue weighted by molar-refractivity contribution is 4.93. The van der Waals surface area contributed by atoms with E-state index >= 15 is 0 Å². The fraction of sp³-hybridized carbons (Fsp3) is 1.00. The van der Waals surface area contributed by atoms with Crippen molar-refractivity contribution in [2.45, 2.75) is 32.2 Å². The van der Waals surface area contributed by atoms with Crippen molar-refractivity contribution in [2.75, 3.05) is 20.1 Å². The highest BCUT2D eigenvalue weighted by Gasteiger charge is 2.37. The maximum atomic E-state index is 5.56. The Bertz CT molecular complexity index is 130. The molecule has 1 unspecified atom stereocenters. The minimum Gasteiger partial charge on any atom is -0.330 e. The molecule has 2 heteroatoms. The number of nitrogens with two attached hydrogens (primary N) is 1. The Labute approximate surface area is 69.8 Å². The Morgan fingerprint density at radius 1 is 1.55 bits per heavy atom. The third kappa shape index (κ3) is 1.57. The molecule has 0 aromatic heterocycles. The first-order valence-corrected chi connectivity index (χ1v) is 4.50. The molecule has 1 aliphatic heterocycles. The minimum atomic E-state index is 0.374. The quantitative estimate of drug-likeness (QED) is 0.648. The average Bonchev–Trinajstić information content (AvgIpc) is 2.16. The van der Waals surface area contributed by atoms with E-state index in [2.05, 4.69) is 25.8 Å². The molecule has 1 aliphatic rings. The molecule has 1 fully saturated rings. The van der Waals surface area contributed by atoms with Crippen LogP contribution < -0.4 is 5.73 Å². The van der Waals surface area contributed by atoms with Crippen LogP contribution in [-0.2, 0) is 0 Å². The molecule has 2 nitrogen and oxygen atoms in total. The topological polar surface area (TPSA) is 29.3 Å². The van der Waals surface area contributed by atoms with E-state index in [0.717, 1.165) is 12.5 Å². The molecule has 0 aliphatic carbocycles. The molecule has 0 aromatic rings. The Hall–Kier alpha value is -0.0800. The van der Waals surface area contributed by atoms with Gasteiger partial charge < -0.3 is 10.6 Å². The SMILES string of the molecule is CN1CCC(CCN)C1(C)C. The molecule has 1 saturated heterocycles. The third-order valence-electron chi connectivity index (χ3n) is 3.31.